The summed E-state index contributed by atoms with van der Waals surface area (Å²) in [6.45, 7) is 9.09. The first-order valence-electron chi connectivity index (χ1n) is 12.7. The third-order valence-corrected chi connectivity index (χ3v) is 5.60. The number of hydrogen-bond acceptors (Lipinski definition) is 3. The number of rotatable bonds is 21. The fourth-order valence-corrected chi connectivity index (χ4v) is 3.58. The summed E-state index contributed by atoms with van der Waals surface area (Å²) in [6, 6.07) is 10.5. The van der Waals surface area contributed by atoms with Crippen LogP contribution in [0, 0.1) is 0 Å². The van der Waals surface area contributed by atoms with Crippen LogP contribution in [0.1, 0.15) is 110 Å². The predicted molar refractivity (Wildman–Crippen MR) is 128 cm³/mol. The summed E-state index contributed by atoms with van der Waals surface area (Å²) in [5.41, 5.74) is 1.26. The molecule has 0 aliphatic heterocycles. The second-order valence-electron chi connectivity index (χ2n) is 8.40. The lowest BCUT2D eigenvalue weighted by Gasteiger charge is -2.19. The van der Waals surface area contributed by atoms with Gasteiger partial charge in [0, 0.05) is 13.2 Å². The lowest BCUT2D eigenvalue weighted by Crippen LogP contribution is -2.19. The van der Waals surface area contributed by atoms with Gasteiger partial charge in [-0.25, -0.2) is 0 Å². The second-order valence-corrected chi connectivity index (χ2v) is 8.40. The summed E-state index contributed by atoms with van der Waals surface area (Å²) in [6.07, 6.45) is 15.9. The summed E-state index contributed by atoms with van der Waals surface area (Å²) in [7, 11) is 0. The Morgan fingerprint density at radius 1 is 0.633 bits per heavy atom. The molecule has 0 saturated heterocycles. The van der Waals surface area contributed by atoms with Crippen LogP contribution < -0.4 is 0 Å². The SMILES string of the molecule is CCCCCOC(CCCCCCC(CC)OCc1ccccc1)OCCCCC. The van der Waals surface area contributed by atoms with Gasteiger partial charge in [-0.2, -0.15) is 0 Å². The molecule has 1 aromatic rings. The Labute approximate surface area is 186 Å². The molecule has 3 nitrogen and oxygen atoms in total. The van der Waals surface area contributed by atoms with Crippen LogP contribution in [0.3, 0.4) is 0 Å². The van der Waals surface area contributed by atoms with Gasteiger partial charge in [-0.15, -0.1) is 0 Å². The maximum absolute atomic E-state index is 6.11. The summed E-state index contributed by atoms with van der Waals surface area (Å²) >= 11 is 0. The molecular weight excluding hydrogens is 372 g/mol. The van der Waals surface area contributed by atoms with Crippen LogP contribution in [0.2, 0.25) is 0 Å². The monoisotopic (exact) mass is 420 g/mol. The molecule has 1 aromatic carbocycles. The molecule has 0 aromatic heterocycles. The van der Waals surface area contributed by atoms with Crippen molar-refractivity contribution >= 4 is 0 Å². The maximum atomic E-state index is 6.11. The van der Waals surface area contributed by atoms with E-state index in [-0.39, 0.29) is 6.29 Å². The van der Waals surface area contributed by atoms with Crippen molar-refractivity contribution in [3.8, 4) is 0 Å². The predicted octanol–water partition coefficient (Wildman–Crippen LogP) is 8.06. The van der Waals surface area contributed by atoms with E-state index < -0.39 is 0 Å². The van der Waals surface area contributed by atoms with Gasteiger partial charge in [0.1, 0.15) is 0 Å². The lowest BCUT2D eigenvalue weighted by atomic mass is 10.1. The molecule has 0 spiro atoms. The summed E-state index contributed by atoms with van der Waals surface area (Å²) in [5.74, 6) is 0. The van der Waals surface area contributed by atoms with Gasteiger partial charge >= 0.3 is 0 Å². The van der Waals surface area contributed by atoms with Gasteiger partial charge in [0.25, 0.3) is 0 Å². The van der Waals surface area contributed by atoms with Gasteiger partial charge in [-0.1, -0.05) is 96.0 Å². The van der Waals surface area contributed by atoms with Crippen molar-refractivity contribution in [3.63, 3.8) is 0 Å². The fraction of sp³-hybridized carbons (Fsp3) is 0.778. The zero-order valence-corrected chi connectivity index (χ0v) is 20.1. The molecule has 0 radical (unpaired) electrons. The Balaban J connectivity index is 2.13. The lowest BCUT2D eigenvalue weighted by molar-refractivity contribution is -0.148. The quantitative estimate of drug-likeness (QED) is 0.149. The normalized spacial score (nSPS) is 12.5. The molecular formula is C27H48O3. The van der Waals surface area contributed by atoms with Crippen LogP contribution in [0.15, 0.2) is 30.3 Å². The molecule has 0 N–H and O–H groups in total. The minimum absolute atomic E-state index is 0.00342. The summed E-state index contributed by atoms with van der Waals surface area (Å²) in [4.78, 5) is 0. The Morgan fingerprint density at radius 2 is 1.23 bits per heavy atom. The van der Waals surface area contributed by atoms with Crippen molar-refractivity contribution < 1.29 is 14.2 Å². The molecule has 0 bridgehead atoms. The van der Waals surface area contributed by atoms with Crippen LogP contribution >= 0.6 is 0 Å². The number of ether oxygens (including phenoxy) is 3. The number of hydrogen-bond donors (Lipinski definition) is 0. The molecule has 174 valence electrons. The summed E-state index contributed by atoms with van der Waals surface area (Å²) < 4.78 is 18.1. The van der Waals surface area contributed by atoms with Crippen LogP contribution in [0.4, 0.5) is 0 Å². The van der Waals surface area contributed by atoms with Crippen molar-refractivity contribution in [2.45, 2.75) is 123 Å². The highest BCUT2D eigenvalue weighted by Gasteiger charge is 2.10. The van der Waals surface area contributed by atoms with Gasteiger partial charge in [-0.3, -0.25) is 0 Å². The first kappa shape index (κ1) is 27.1. The highest BCUT2D eigenvalue weighted by molar-refractivity contribution is 5.13. The molecule has 0 heterocycles. The van der Waals surface area contributed by atoms with E-state index in [0.717, 1.165) is 51.9 Å². The van der Waals surface area contributed by atoms with E-state index in [1.54, 1.807) is 0 Å². The molecule has 0 saturated carbocycles. The van der Waals surface area contributed by atoms with E-state index in [2.05, 4.69) is 51.1 Å². The van der Waals surface area contributed by atoms with E-state index in [4.69, 9.17) is 14.2 Å². The van der Waals surface area contributed by atoms with Crippen LogP contribution in [0.5, 0.6) is 0 Å². The first-order chi connectivity index (χ1) is 14.8. The molecule has 1 rings (SSSR count). The van der Waals surface area contributed by atoms with Gasteiger partial charge in [-0.05, 0) is 44.1 Å². The van der Waals surface area contributed by atoms with Crippen molar-refractivity contribution in [1.82, 2.24) is 0 Å². The highest BCUT2D eigenvalue weighted by atomic mass is 16.7. The minimum Gasteiger partial charge on any atom is -0.374 e. The molecule has 3 heteroatoms. The fourth-order valence-electron chi connectivity index (χ4n) is 3.58. The number of unbranched alkanes of at least 4 members (excludes halogenated alkanes) is 7. The van der Waals surface area contributed by atoms with Gasteiger partial charge in [0.15, 0.2) is 6.29 Å². The van der Waals surface area contributed by atoms with E-state index >= 15 is 0 Å². The van der Waals surface area contributed by atoms with Crippen molar-refractivity contribution in [1.29, 1.82) is 0 Å². The van der Waals surface area contributed by atoms with Crippen LogP contribution in [0.25, 0.3) is 0 Å². The molecule has 0 aliphatic carbocycles. The Hall–Kier alpha value is -0.900. The average molecular weight is 421 g/mol. The Morgan fingerprint density at radius 3 is 1.80 bits per heavy atom. The zero-order valence-electron chi connectivity index (χ0n) is 20.1. The van der Waals surface area contributed by atoms with E-state index in [1.165, 1.54) is 56.9 Å². The average Bonchev–Trinajstić information content (AvgIpc) is 2.78. The summed E-state index contributed by atoms with van der Waals surface area (Å²) in [5, 5.41) is 0. The van der Waals surface area contributed by atoms with E-state index in [1.807, 2.05) is 0 Å². The molecule has 30 heavy (non-hydrogen) atoms. The minimum atomic E-state index is -0.00342. The highest BCUT2D eigenvalue weighted by Crippen LogP contribution is 2.16. The van der Waals surface area contributed by atoms with Gasteiger partial charge in [0.2, 0.25) is 0 Å². The molecule has 0 aliphatic rings. The van der Waals surface area contributed by atoms with E-state index in [9.17, 15) is 0 Å². The van der Waals surface area contributed by atoms with Gasteiger partial charge < -0.3 is 14.2 Å². The van der Waals surface area contributed by atoms with Crippen molar-refractivity contribution in [2.75, 3.05) is 13.2 Å². The topological polar surface area (TPSA) is 27.7 Å². The van der Waals surface area contributed by atoms with Crippen molar-refractivity contribution in [3.05, 3.63) is 35.9 Å². The Bertz CT molecular complexity index is 450. The van der Waals surface area contributed by atoms with Gasteiger partial charge in [0.05, 0.1) is 12.7 Å². The molecule has 1 unspecified atom stereocenters. The standard InChI is InChI=1S/C27H48O3/c1-4-7-16-22-28-27(29-23-17-8-5-2)21-15-10-9-14-20-26(6-3)30-24-25-18-12-11-13-19-25/h11-13,18-19,26-27H,4-10,14-17,20-24H2,1-3H3. The third-order valence-electron chi connectivity index (χ3n) is 5.60. The van der Waals surface area contributed by atoms with E-state index in [0.29, 0.717) is 6.10 Å². The third kappa shape index (κ3) is 15.0. The first-order valence-corrected chi connectivity index (χ1v) is 12.7. The maximum Gasteiger partial charge on any atom is 0.157 e. The second kappa shape index (κ2) is 20.0. The number of benzene rings is 1. The molecule has 1 atom stereocenters. The zero-order chi connectivity index (χ0) is 21.7. The largest absolute Gasteiger partial charge is 0.374 e. The van der Waals surface area contributed by atoms with Crippen molar-refractivity contribution in [2.24, 2.45) is 0 Å². The molecule has 0 amide bonds. The smallest absolute Gasteiger partial charge is 0.157 e. The van der Waals surface area contributed by atoms with Crippen LogP contribution in [-0.2, 0) is 20.8 Å². The Kier molecular flexibility index (Phi) is 18.1. The molecule has 0 fully saturated rings. The van der Waals surface area contributed by atoms with Crippen LogP contribution in [-0.4, -0.2) is 25.6 Å².